The van der Waals surface area contributed by atoms with E-state index in [0.717, 1.165) is 5.56 Å². The molecule has 0 saturated carbocycles. The summed E-state index contributed by atoms with van der Waals surface area (Å²) in [4.78, 5) is 12.3. The molecule has 30 heavy (non-hydrogen) atoms. The Balaban J connectivity index is 2.11. The first-order valence-electron chi connectivity index (χ1n) is 9.30. The third-order valence-corrected chi connectivity index (χ3v) is 5.32. The molecule has 1 amide bonds. The summed E-state index contributed by atoms with van der Waals surface area (Å²) in [6.45, 7) is 3.91. The van der Waals surface area contributed by atoms with Crippen LogP contribution in [-0.2, 0) is 14.8 Å². The average Bonchev–Trinajstić information content (AvgIpc) is 2.73. The molecule has 2 aromatic rings. The van der Waals surface area contributed by atoms with Gasteiger partial charge in [0.15, 0.2) is 11.5 Å². The Hall–Kier alpha value is -3.20. The van der Waals surface area contributed by atoms with E-state index in [4.69, 9.17) is 14.2 Å². The highest BCUT2D eigenvalue weighted by molar-refractivity contribution is 7.92. The number of anilines is 2. The van der Waals surface area contributed by atoms with Crippen molar-refractivity contribution < 1.29 is 27.4 Å². The van der Waals surface area contributed by atoms with Gasteiger partial charge in [-0.15, -0.1) is 0 Å². The number of carbonyl (C=O) groups excluding carboxylic acids is 1. The highest BCUT2D eigenvalue weighted by Crippen LogP contribution is 2.30. The van der Waals surface area contributed by atoms with Gasteiger partial charge in [-0.05, 0) is 49.8 Å². The average molecular weight is 435 g/mol. The third-order valence-electron chi connectivity index (χ3n) is 4.03. The van der Waals surface area contributed by atoms with E-state index in [9.17, 15) is 13.2 Å². The Bertz CT molecular complexity index is 1020. The summed E-state index contributed by atoms with van der Waals surface area (Å²) in [6, 6.07) is 10.0. The molecule has 0 fully saturated rings. The van der Waals surface area contributed by atoms with Gasteiger partial charge in [-0.1, -0.05) is 6.07 Å². The van der Waals surface area contributed by atoms with Crippen LogP contribution in [0.25, 0.3) is 6.08 Å². The first kappa shape index (κ1) is 23.1. The lowest BCUT2D eigenvalue weighted by Gasteiger charge is -2.12. The summed E-state index contributed by atoms with van der Waals surface area (Å²) in [5.74, 6) is 1.09. The van der Waals surface area contributed by atoms with Gasteiger partial charge in [0, 0.05) is 17.8 Å². The molecule has 0 radical (unpaired) electrons. The van der Waals surface area contributed by atoms with Crippen molar-refractivity contribution in [2.24, 2.45) is 0 Å². The number of methoxy groups -OCH3 is 2. The SMILES string of the molecule is CCOc1cc(/C=C/C(=O)Nc2ccc(NS(=O)(=O)CC)c(OC)c2)ccc1OC. The van der Waals surface area contributed by atoms with Gasteiger partial charge in [-0.25, -0.2) is 8.42 Å². The van der Waals surface area contributed by atoms with Crippen LogP contribution in [0.3, 0.4) is 0 Å². The number of sulfonamides is 1. The number of nitrogens with one attached hydrogen (secondary N) is 2. The van der Waals surface area contributed by atoms with Gasteiger partial charge in [0.25, 0.3) is 0 Å². The van der Waals surface area contributed by atoms with Crippen molar-refractivity contribution in [3.8, 4) is 17.2 Å². The Morgan fingerprint density at radius 2 is 1.73 bits per heavy atom. The maximum absolute atomic E-state index is 12.3. The first-order valence-corrected chi connectivity index (χ1v) is 11.0. The van der Waals surface area contributed by atoms with E-state index in [1.807, 2.05) is 13.0 Å². The molecule has 162 valence electrons. The second kappa shape index (κ2) is 10.5. The minimum absolute atomic E-state index is 0.0597. The van der Waals surface area contributed by atoms with Crippen LogP contribution >= 0.6 is 0 Å². The van der Waals surface area contributed by atoms with E-state index in [0.29, 0.717) is 35.2 Å². The van der Waals surface area contributed by atoms with Gasteiger partial charge < -0.3 is 19.5 Å². The normalized spacial score (nSPS) is 11.2. The molecule has 0 bridgehead atoms. The van der Waals surface area contributed by atoms with Gasteiger partial charge in [-0.3, -0.25) is 9.52 Å². The third kappa shape index (κ3) is 6.41. The van der Waals surface area contributed by atoms with Gasteiger partial charge in [0.05, 0.1) is 32.3 Å². The zero-order valence-electron chi connectivity index (χ0n) is 17.4. The molecule has 2 N–H and O–H groups in total. The van der Waals surface area contributed by atoms with Crippen molar-refractivity contribution in [3.05, 3.63) is 48.0 Å². The molecule has 0 spiro atoms. The molecule has 0 aliphatic rings. The molecule has 0 heterocycles. The van der Waals surface area contributed by atoms with Gasteiger partial charge in [0.1, 0.15) is 5.75 Å². The van der Waals surface area contributed by atoms with Gasteiger partial charge >= 0.3 is 0 Å². The molecule has 0 aliphatic heterocycles. The van der Waals surface area contributed by atoms with Crippen LogP contribution in [0.5, 0.6) is 17.2 Å². The number of carbonyl (C=O) groups is 1. The van der Waals surface area contributed by atoms with Gasteiger partial charge in [0.2, 0.25) is 15.9 Å². The lowest BCUT2D eigenvalue weighted by Crippen LogP contribution is -2.15. The van der Waals surface area contributed by atoms with Crippen LogP contribution in [0.15, 0.2) is 42.5 Å². The van der Waals surface area contributed by atoms with Crippen molar-refractivity contribution in [1.82, 2.24) is 0 Å². The number of benzene rings is 2. The van der Waals surface area contributed by atoms with Crippen LogP contribution < -0.4 is 24.2 Å². The molecule has 0 saturated heterocycles. The highest BCUT2D eigenvalue weighted by atomic mass is 32.2. The largest absolute Gasteiger partial charge is 0.494 e. The van der Waals surface area contributed by atoms with Crippen LogP contribution in [0.2, 0.25) is 0 Å². The lowest BCUT2D eigenvalue weighted by molar-refractivity contribution is -0.111. The van der Waals surface area contributed by atoms with Crippen LogP contribution in [0, 0.1) is 0 Å². The van der Waals surface area contributed by atoms with Crippen LogP contribution in [-0.4, -0.2) is 40.9 Å². The fourth-order valence-electron chi connectivity index (χ4n) is 2.51. The second-order valence-corrected chi connectivity index (χ2v) is 8.10. The van der Waals surface area contributed by atoms with E-state index in [1.165, 1.54) is 26.2 Å². The molecule has 0 atom stereocenters. The fourth-order valence-corrected chi connectivity index (χ4v) is 3.16. The molecule has 0 aromatic heterocycles. The molecule has 2 rings (SSSR count). The number of ether oxygens (including phenoxy) is 3. The summed E-state index contributed by atoms with van der Waals surface area (Å²) in [6.07, 6.45) is 3.04. The maximum Gasteiger partial charge on any atom is 0.248 e. The minimum atomic E-state index is -3.44. The maximum atomic E-state index is 12.3. The molecule has 0 unspecified atom stereocenters. The van der Waals surface area contributed by atoms with E-state index in [1.54, 1.807) is 37.5 Å². The first-order chi connectivity index (χ1) is 14.3. The molecular weight excluding hydrogens is 408 g/mol. The standard InChI is InChI=1S/C21H26N2O6S/c1-5-29-20-13-15(7-11-18(20)27-3)8-12-21(24)22-16-9-10-17(19(14-16)28-4)23-30(25,26)6-2/h7-14,23H,5-6H2,1-4H3,(H,22,24)/b12-8+. The van der Waals surface area contributed by atoms with Crippen molar-refractivity contribution in [2.45, 2.75) is 13.8 Å². The summed E-state index contributed by atoms with van der Waals surface area (Å²) < 4.78 is 42.0. The summed E-state index contributed by atoms with van der Waals surface area (Å²) in [5.41, 5.74) is 1.54. The zero-order valence-corrected chi connectivity index (χ0v) is 18.2. The Morgan fingerprint density at radius 3 is 2.37 bits per heavy atom. The highest BCUT2D eigenvalue weighted by Gasteiger charge is 2.12. The lowest BCUT2D eigenvalue weighted by atomic mass is 10.2. The molecule has 2 aromatic carbocycles. The Labute approximate surface area is 176 Å². The fraction of sp³-hybridized carbons (Fsp3) is 0.286. The van der Waals surface area contributed by atoms with E-state index in [-0.39, 0.29) is 11.7 Å². The molecular formula is C21H26N2O6S. The van der Waals surface area contributed by atoms with Crippen LogP contribution in [0.1, 0.15) is 19.4 Å². The van der Waals surface area contributed by atoms with Crippen molar-refractivity contribution in [2.75, 3.05) is 36.6 Å². The zero-order chi connectivity index (χ0) is 22.1. The van der Waals surface area contributed by atoms with E-state index >= 15 is 0 Å². The summed E-state index contributed by atoms with van der Waals surface area (Å²) in [5, 5.41) is 2.71. The molecule has 9 heteroatoms. The number of rotatable bonds is 10. The van der Waals surface area contributed by atoms with Crippen molar-refractivity contribution in [1.29, 1.82) is 0 Å². The topological polar surface area (TPSA) is 103 Å². The summed E-state index contributed by atoms with van der Waals surface area (Å²) in [7, 11) is -0.457. The number of hydrogen-bond acceptors (Lipinski definition) is 6. The smallest absolute Gasteiger partial charge is 0.248 e. The molecule has 0 aliphatic carbocycles. The number of amides is 1. The number of hydrogen-bond donors (Lipinski definition) is 2. The molecule has 8 nitrogen and oxygen atoms in total. The second-order valence-electron chi connectivity index (χ2n) is 6.09. The monoisotopic (exact) mass is 434 g/mol. The predicted octanol–water partition coefficient (Wildman–Crippen LogP) is 3.52. The minimum Gasteiger partial charge on any atom is -0.494 e. The van der Waals surface area contributed by atoms with E-state index in [2.05, 4.69) is 10.0 Å². The Morgan fingerprint density at radius 1 is 1.00 bits per heavy atom. The summed E-state index contributed by atoms with van der Waals surface area (Å²) >= 11 is 0. The van der Waals surface area contributed by atoms with Crippen molar-refractivity contribution >= 4 is 33.4 Å². The van der Waals surface area contributed by atoms with Crippen LogP contribution in [0.4, 0.5) is 11.4 Å². The predicted molar refractivity (Wildman–Crippen MR) is 118 cm³/mol. The van der Waals surface area contributed by atoms with Gasteiger partial charge in [-0.2, -0.15) is 0 Å². The van der Waals surface area contributed by atoms with E-state index < -0.39 is 10.0 Å². The quantitative estimate of drug-likeness (QED) is 0.555. The Kier molecular flexibility index (Phi) is 8.11. The van der Waals surface area contributed by atoms with Crippen molar-refractivity contribution in [3.63, 3.8) is 0 Å².